The first-order chi connectivity index (χ1) is 7.86. The Balaban J connectivity index is 2.93. The molecule has 92 valence electrons. The maximum Gasteiger partial charge on any atom is 0.322 e. The van der Waals surface area contributed by atoms with E-state index in [1.165, 1.54) is 10.9 Å². The van der Waals surface area contributed by atoms with Crippen molar-refractivity contribution in [1.82, 2.24) is 14.5 Å². The number of nitrogens with zero attached hydrogens (tertiary/aromatic N) is 2. The zero-order valence-electron chi connectivity index (χ0n) is 8.99. The number of rotatable bonds is 5. The van der Waals surface area contributed by atoms with Crippen molar-refractivity contribution in [2.45, 2.75) is 17.4 Å². The molecule has 0 aromatic carbocycles. The Bertz CT molecular complexity index is 555. The van der Waals surface area contributed by atoms with E-state index in [-0.39, 0.29) is 11.3 Å². The molecule has 1 atom stereocenters. The summed E-state index contributed by atoms with van der Waals surface area (Å²) >= 11 is 0. The second-order valence-corrected chi connectivity index (χ2v) is 4.98. The molecule has 1 rings (SSSR count). The SMILES string of the molecule is C#CCC(NS(=O)(=O)c1cnn(C)c1)C(=O)O. The average molecular weight is 257 g/mol. The van der Waals surface area contributed by atoms with Crippen molar-refractivity contribution in [2.75, 3.05) is 0 Å². The first-order valence-electron chi connectivity index (χ1n) is 4.54. The van der Waals surface area contributed by atoms with E-state index in [1.54, 1.807) is 7.05 Å². The number of carboxylic acid groups (broad SMARTS) is 1. The lowest BCUT2D eigenvalue weighted by Crippen LogP contribution is -2.40. The van der Waals surface area contributed by atoms with E-state index < -0.39 is 22.0 Å². The van der Waals surface area contributed by atoms with Gasteiger partial charge in [0, 0.05) is 19.7 Å². The van der Waals surface area contributed by atoms with Crippen LogP contribution in [-0.4, -0.2) is 35.3 Å². The van der Waals surface area contributed by atoms with Gasteiger partial charge in [0.15, 0.2) is 0 Å². The van der Waals surface area contributed by atoms with E-state index in [0.29, 0.717) is 0 Å². The number of aliphatic carboxylic acids is 1. The van der Waals surface area contributed by atoms with Crippen molar-refractivity contribution in [2.24, 2.45) is 7.05 Å². The standard InChI is InChI=1S/C9H11N3O4S/c1-3-4-8(9(13)14)11-17(15,16)7-5-10-12(2)6-7/h1,5-6,8,11H,4H2,2H3,(H,13,14). The highest BCUT2D eigenvalue weighted by Crippen LogP contribution is 2.07. The van der Waals surface area contributed by atoms with Gasteiger partial charge in [-0.25, -0.2) is 8.42 Å². The number of sulfonamides is 1. The van der Waals surface area contributed by atoms with Gasteiger partial charge >= 0.3 is 5.97 Å². The molecule has 0 aliphatic carbocycles. The van der Waals surface area contributed by atoms with Crippen LogP contribution < -0.4 is 4.72 Å². The van der Waals surface area contributed by atoms with E-state index in [1.807, 2.05) is 4.72 Å². The van der Waals surface area contributed by atoms with E-state index in [4.69, 9.17) is 11.5 Å². The van der Waals surface area contributed by atoms with Crippen LogP contribution in [0.1, 0.15) is 6.42 Å². The molecule has 8 heteroatoms. The number of nitrogens with one attached hydrogen (secondary N) is 1. The van der Waals surface area contributed by atoms with Crippen molar-refractivity contribution in [3.63, 3.8) is 0 Å². The number of aryl methyl sites for hydroxylation is 1. The molecule has 0 spiro atoms. The average Bonchev–Trinajstić information content (AvgIpc) is 2.64. The van der Waals surface area contributed by atoms with Gasteiger partial charge in [-0.3, -0.25) is 9.48 Å². The number of terminal acetylenes is 1. The van der Waals surface area contributed by atoms with Gasteiger partial charge < -0.3 is 5.11 Å². The summed E-state index contributed by atoms with van der Waals surface area (Å²) in [5.74, 6) is 0.776. The molecule has 2 N–H and O–H groups in total. The molecule has 1 aromatic heterocycles. The lowest BCUT2D eigenvalue weighted by atomic mass is 10.2. The number of carboxylic acids is 1. The number of hydrogen-bond donors (Lipinski definition) is 2. The van der Waals surface area contributed by atoms with Crippen LogP contribution in [0.2, 0.25) is 0 Å². The first-order valence-corrected chi connectivity index (χ1v) is 6.02. The highest BCUT2D eigenvalue weighted by Gasteiger charge is 2.25. The van der Waals surface area contributed by atoms with Crippen LogP contribution >= 0.6 is 0 Å². The topological polar surface area (TPSA) is 101 Å². The Morgan fingerprint density at radius 3 is 2.82 bits per heavy atom. The highest BCUT2D eigenvalue weighted by atomic mass is 32.2. The lowest BCUT2D eigenvalue weighted by Gasteiger charge is -2.10. The Hall–Kier alpha value is -1.85. The van der Waals surface area contributed by atoms with Crippen LogP contribution in [0, 0.1) is 12.3 Å². The van der Waals surface area contributed by atoms with Crippen LogP contribution in [0.5, 0.6) is 0 Å². The molecular weight excluding hydrogens is 246 g/mol. The van der Waals surface area contributed by atoms with Crippen LogP contribution in [-0.2, 0) is 21.9 Å². The maximum atomic E-state index is 11.7. The third kappa shape index (κ3) is 3.30. The maximum absolute atomic E-state index is 11.7. The molecule has 0 saturated carbocycles. The van der Waals surface area contributed by atoms with Crippen LogP contribution in [0.25, 0.3) is 0 Å². The summed E-state index contributed by atoms with van der Waals surface area (Å²) in [4.78, 5) is 10.7. The molecule has 17 heavy (non-hydrogen) atoms. The summed E-state index contributed by atoms with van der Waals surface area (Å²) < 4.78 is 26.8. The number of carbonyl (C=O) groups is 1. The van der Waals surface area contributed by atoms with E-state index in [9.17, 15) is 13.2 Å². The van der Waals surface area contributed by atoms with E-state index in [2.05, 4.69) is 11.0 Å². The fourth-order valence-electron chi connectivity index (χ4n) is 1.09. The Morgan fingerprint density at radius 1 is 1.76 bits per heavy atom. The van der Waals surface area contributed by atoms with Crippen molar-refractivity contribution in [3.05, 3.63) is 12.4 Å². The van der Waals surface area contributed by atoms with Crippen LogP contribution in [0.15, 0.2) is 17.3 Å². The van der Waals surface area contributed by atoms with Gasteiger partial charge in [-0.1, -0.05) is 0 Å². The first kappa shape index (κ1) is 13.2. The van der Waals surface area contributed by atoms with Gasteiger partial charge in [-0.15, -0.1) is 12.3 Å². The van der Waals surface area contributed by atoms with Gasteiger partial charge in [0.25, 0.3) is 0 Å². The van der Waals surface area contributed by atoms with Gasteiger partial charge in [0.05, 0.1) is 6.20 Å². The largest absolute Gasteiger partial charge is 0.480 e. The van der Waals surface area contributed by atoms with Crippen molar-refractivity contribution in [3.8, 4) is 12.3 Å². The molecule has 0 radical (unpaired) electrons. The molecule has 0 amide bonds. The third-order valence-corrected chi connectivity index (χ3v) is 3.34. The predicted molar refractivity (Wildman–Crippen MR) is 58.4 cm³/mol. The summed E-state index contributed by atoms with van der Waals surface area (Å²) in [5, 5.41) is 12.5. The number of hydrogen-bond acceptors (Lipinski definition) is 4. The van der Waals surface area contributed by atoms with Gasteiger partial charge in [0.1, 0.15) is 10.9 Å². The second-order valence-electron chi connectivity index (χ2n) is 3.27. The smallest absolute Gasteiger partial charge is 0.322 e. The summed E-state index contributed by atoms with van der Waals surface area (Å²) in [5.41, 5.74) is 0. The fourth-order valence-corrected chi connectivity index (χ4v) is 2.26. The molecule has 1 heterocycles. The second kappa shape index (κ2) is 4.99. The molecule has 0 aliphatic rings. The van der Waals surface area contributed by atoms with Crippen LogP contribution in [0.3, 0.4) is 0 Å². The summed E-state index contributed by atoms with van der Waals surface area (Å²) in [7, 11) is -2.36. The monoisotopic (exact) mass is 257 g/mol. The van der Waals surface area contributed by atoms with Gasteiger partial charge in [-0.2, -0.15) is 9.82 Å². The molecule has 7 nitrogen and oxygen atoms in total. The molecule has 1 aromatic rings. The summed E-state index contributed by atoms with van der Waals surface area (Å²) in [6.45, 7) is 0. The fraction of sp³-hybridized carbons (Fsp3) is 0.333. The van der Waals surface area contributed by atoms with Crippen LogP contribution in [0.4, 0.5) is 0 Å². The van der Waals surface area contributed by atoms with Gasteiger partial charge in [0.2, 0.25) is 10.0 Å². The van der Waals surface area contributed by atoms with Crippen molar-refractivity contribution >= 4 is 16.0 Å². The molecule has 1 unspecified atom stereocenters. The summed E-state index contributed by atoms with van der Waals surface area (Å²) in [6.07, 6.45) is 7.12. The molecular formula is C9H11N3O4S. The zero-order valence-corrected chi connectivity index (χ0v) is 9.81. The van der Waals surface area contributed by atoms with Crippen molar-refractivity contribution < 1.29 is 18.3 Å². The minimum Gasteiger partial charge on any atom is -0.480 e. The molecule has 0 saturated heterocycles. The zero-order chi connectivity index (χ0) is 13.1. The normalized spacial score (nSPS) is 12.9. The van der Waals surface area contributed by atoms with Crippen molar-refractivity contribution in [1.29, 1.82) is 0 Å². The number of aromatic nitrogens is 2. The molecule has 0 fully saturated rings. The van der Waals surface area contributed by atoms with Gasteiger partial charge in [-0.05, 0) is 0 Å². The highest BCUT2D eigenvalue weighted by molar-refractivity contribution is 7.89. The Kier molecular flexibility index (Phi) is 3.88. The Labute approximate surface area is 98.5 Å². The lowest BCUT2D eigenvalue weighted by molar-refractivity contribution is -0.138. The summed E-state index contributed by atoms with van der Waals surface area (Å²) in [6, 6.07) is -1.34. The molecule has 0 bridgehead atoms. The quantitative estimate of drug-likeness (QED) is 0.671. The third-order valence-electron chi connectivity index (χ3n) is 1.91. The predicted octanol–water partition coefficient (Wildman–Crippen LogP) is -0.825. The minimum absolute atomic E-state index is 0.108. The van der Waals surface area contributed by atoms with E-state index >= 15 is 0 Å². The minimum atomic E-state index is -3.92. The molecule has 0 aliphatic heterocycles. The Morgan fingerprint density at radius 2 is 2.41 bits per heavy atom. The van der Waals surface area contributed by atoms with E-state index in [0.717, 1.165) is 6.20 Å².